The molecule has 1 nitrogen and oxygen atoms in total. The van der Waals surface area contributed by atoms with Gasteiger partial charge in [0.05, 0.1) is 13.4 Å². The molecule has 94 valence electrons. The van der Waals surface area contributed by atoms with Crippen molar-refractivity contribution in [1.29, 1.82) is 0 Å². The second kappa shape index (κ2) is 6.22. The zero-order valence-corrected chi connectivity index (χ0v) is 12.2. The lowest BCUT2D eigenvalue weighted by Gasteiger charge is -2.14. The van der Waals surface area contributed by atoms with Crippen LogP contribution in [0.4, 0.5) is 0 Å². The smallest absolute Gasteiger partial charge is 0.120 e. The summed E-state index contributed by atoms with van der Waals surface area (Å²) in [6.45, 7) is 4.04. The first-order valence-electron chi connectivity index (χ1n) is 5.94. The van der Waals surface area contributed by atoms with Crippen molar-refractivity contribution in [2.75, 3.05) is 0 Å². The number of benzene rings is 2. The van der Waals surface area contributed by atoms with Gasteiger partial charge in [-0.3, -0.25) is 0 Å². The lowest BCUT2D eigenvalue weighted by Crippen LogP contribution is -2.10. The average Bonchev–Trinajstić information content (AvgIpc) is 2.38. The van der Waals surface area contributed by atoms with E-state index in [1.165, 1.54) is 0 Å². The largest absolute Gasteiger partial charge is 0.491 e. The average molecular weight is 279 g/mol. The van der Waals surface area contributed by atoms with Gasteiger partial charge in [-0.15, -0.1) is 0 Å². The van der Waals surface area contributed by atoms with Gasteiger partial charge in [-0.05, 0) is 36.6 Å². The fourth-order valence-electron chi connectivity index (χ4n) is 1.66. The minimum atomic E-state index is -0.820. The van der Waals surface area contributed by atoms with Gasteiger partial charge in [-0.1, -0.05) is 53.7 Å². The zero-order valence-electron chi connectivity index (χ0n) is 10.5. The van der Waals surface area contributed by atoms with Crippen molar-refractivity contribution in [1.82, 2.24) is 0 Å². The Kier molecular flexibility index (Phi) is 4.63. The SMILES string of the molecule is CC(C)Oc1cccc(P(Cl)c2ccccc2)c1. The van der Waals surface area contributed by atoms with E-state index in [2.05, 4.69) is 18.2 Å². The Morgan fingerprint density at radius 2 is 1.61 bits per heavy atom. The molecule has 2 aromatic rings. The molecule has 0 saturated carbocycles. The molecule has 0 radical (unpaired) electrons. The normalized spacial score (nSPS) is 12.4. The van der Waals surface area contributed by atoms with Gasteiger partial charge in [0, 0.05) is 0 Å². The highest BCUT2D eigenvalue weighted by atomic mass is 35.7. The Morgan fingerprint density at radius 3 is 2.28 bits per heavy atom. The summed E-state index contributed by atoms with van der Waals surface area (Å²) in [6.07, 6.45) is 0.179. The second-order valence-electron chi connectivity index (χ2n) is 4.28. The van der Waals surface area contributed by atoms with Gasteiger partial charge >= 0.3 is 0 Å². The fourth-order valence-corrected chi connectivity index (χ4v) is 3.50. The van der Waals surface area contributed by atoms with Crippen LogP contribution in [0, 0.1) is 0 Å². The number of rotatable bonds is 4. The first-order chi connectivity index (χ1) is 8.66. The summed E-state index contributed by atoms with van der Waals surface area (Å²) in [6, 6.07) is 18.2. The van der Waals surface area contributed by atoms with Crippen molar-refractivity contribution in [3.63, 3.8) is 0 Å². The van der Waals surface area contributed by atoms with Crippen LogP contribution in [0.2, 0.25) is 0 Å². The van der Waals surface area contributed by atoms with Crippen LogP contribution in [-0.4, -0.2) is 6.10 Å². The van der Waals surface area contributed by atoms with Crippen LogP contribution in [0.1, 0.15) is 13.8 Å². The molecule has 0 saturated heterocycles. The first kappa shape index (κ1) is 13.4. The van der Waals surface area contributed by atoms with Gasteiger partial charge in [-0.25, -0.2) is 0 Å². The topological polar surface area (TPSA) is 9.23 Å². The van der Waals surface area contributed by atoms with Crippen molar-refractivity contribution in [3.8, 4) is 5.75 Å². The van der Waals surface area contributed by atoms with Crippen molar-refractivity contribution >= 4 is 29.1 Å². The molecule has 1 unspecified atom stereocenters. The van der Waals surface area contributed by atoms with E-state index < -0.39 is 7.27 Å². The zero-order chi connectivity index (χ0) is 13.0. The molecule has 18 heavy (non-hydrogen) atoms. The summed E-state index contributed by atoms with van der Waals surface area (Å²) in [5.41, 5.74) is 0. The lowest BCUT2D eigenvalue weighted by atomic mass is 10.3. The van der Waals surface area contributed by atoms with Crippen LogP contribution in [0.5, 0.6) is 5.75 Å². The van der Waals surface area contributed by atoms with Gasteiger partial charge in [0.2, 0.25) is 0 Å². The molecule has 2 rings (SSSR count). The second-order valence-corrected chi connectivity index (χ2v) is 6.89. The summed E-state index contributed by atoms with van der Waals surface area (Å²) in [7, 11) is -0.820. The van der Waals surface area contributed by atoms with E-state index >= 15 is 0 Å². The molecule has 0 aliphatic rings. The number of hydrogen-bond acceptors (Lipinski definition) is 1. The number of hydrogen-bond donors (Lipinski definition) is 0. The van der Waals surface area contributed by atoms with E-state index in [1.807, 2.05) is 50.2 Å². The minimum Gasteiger partial charge on any atom is -0.491 e. The quantitative estimate of drug-likeness (QED) is 0.767. The number of halogens is 1. The molecule has 0 aliphatic carbocycles. The maximum absolute atomic E-state index is 6.55. The molecule has 3 heteroatoms. The van der Waals surface area contributed by atoms with Crippen molar-refractivity contribution in [2.24, 2.45) is 0 Å². The Bertz CT molecular complexity index is 499. The minimum absolute atomic E-state index is 0.179. The predicted octanol–water partition coefficient (Wildman–Crippen LogP) is 4.06. The summed E-state index contributed by atoms with van der Waals surface area (Å²) in [5, 5.41) is 2.28. The maximum atomic E-state index is 6.55. The van der Waals surface area contributed by atoms with Crippen LogP contribution >= 0.6 is 18.5 Å². The van der Waals surface area contributed by atoms with E-state index in [4.69, 9.17) is 16.0 Å². The molecule has 0 fully saturated rings. The maximum Gasteiger partial charge on any atom is 0.120 e. The number of ether oxygens (including phenoxy) is 1. The highest BCUT2D eigenvalue weighted by Crippen LogP contribution is 2.39. The highest BCUT2D eigenvalue weighted by Gasteiger charge is 2.11. The van der Waals surface area contributed by atoms with E-state index in [9.17, 15) is 0 Å². The third-order valence-electron chi connectivity index (χ3n) is 2.40. The van der Waals surface area contributed by atoms with Gasteiger partial charge in [0.1, 0.15) is 5.75 Å². The van der Waals surface area contributed by atoms with Crippen LogP contribution in [-0.2, 0) is 0 Å². The summed E-state index contributed by atoms with van der Waals surface area (Å²) >= 11 is 6.55. The molecule has 0 heterocycles. The van der Waals surface area contributed by atoms with Crippen molar-refractivity contribution < 1.29 is 4.74 Å². The molecular weight excluding hydrogens is 263 g/mol. The van der Waals surface area contributed by atoms with Gasteiger partial charge < -0.3 is 4.74 Å². The fraction of sp³-hybridized carbons (Fsp3) is 0.200. The van der Waals surface area contributed by atoms with Crippen LogP contribution < -0.4 is 15.3 Å². The van der Waals surface area contributed by atoms with Gasteiger partial charge in [-0.2, -0.15) is 0 Å². The van der Waals surface area contributed by atoms with E-state index in [0.717, 1.165) is 16.4 Å². The van der Waals surface area contributed by atoms with E-state index in [0.29, 0.717) is 0 Å². The monoisotopic (exact) mass is 278 g/mol. The summed E-state index contributed by atoms with van der Waals surface area (Å²) < 4.78 is 5.69. The Balaban J connectivity index is 2.23. The summed E-state index contributed by atoms with van der Waals surface area (Å²) in [4.78, 5) is 0. The molecule has 0 spiro atoms. The van der Waals surface area contributed by atoms with Crippen molar-refractivity contribution in [2.45, 2.75) is 20.0 Å². The third-order valence-corrected chi connectivity index (χ3v) is 5.05. The van der Waals surface area contributed by atoms with Gasteiger partial charge in [0.15, 0.2) is 0 Å². The third kappa shape index (κ3) is 3.48. The standard InChI is InChI=1S/C15H16ClOP/c1-12(2)17-13-7-6-10-15(11-13)18(16)14-8-4-3-5-9-14/h3-12H,1-2H3. The molecule has 1 atom stereocenters. The lowest BCUT2D eigenvalue weighted by molar-refractivity contribution is 0.242. The van der Waals surface area contributed by atoms with Gasteiger partial charge in [0.25, 0.3) is 0 Å². The molecule has 2 aromatic carbocycles. The molecule has 0 amide bonds. The first-order valence-corrected chi connectivity index (χ1v) is 8.19. The molecule has 0 aromatic heterocycles. The predicted molar refractivity (Wildman–Crippen MR) is 80.7 cm³/mol. The Labute approximate surface area is 114 Å². The van der Waals surface area contributed by atoms with E-state index in [1.54, 1.807) is 0 Å². The van der Waals surface area contributed by atoms with E-state index in [-0.39, 0.29) is 6.10 Å². The highest BCUT2D eigenvalue weighted by molar-refractivity contribution is 7.95. The summed E-state index contributed by atoms with van der Waals surface area (Å²) in [5.74, 6) is 0.881. The molecule has 0 bridgehead atoms. The molecule has 0 aliphatic heterocycles. The van der Waals surface area contributed by atoms with Crippen LogP contribution in [0.25, 0.3) is 0 Å². The van der Waals surface area contributed by atoms with Crippen molar-refractivity contribution in [3.05, 3.63) is 54.6 Å². The van der Waals surface area contributed by atoms with Crippen LogP contribution in [0.15, 0.2) is 54.6 Å². The molecular formula is C15H16ClOP. The molecule has 0 N–H and O–H groups in total. The Hall–Kier alpha value is -1.04. The van der Waals surface area contributed by atoms with Crippen LogP contribution in [0.3, 0.4) is 0 Å². The Morgan fingerprint density at radius 1 is 0.944 bits per heavy atom.